The number of carbonyl (C=O) groups excluding carboxylic acids is 2. The summed E-state index contributed by atoms with van der Waals surface area (Å²) >= 11 is 0. The van der Waals surface area contributed by atoms with E-state index in [1.807, 2.05) is 4.68 Å². The maximum Gasteiger partial charge on any atom is 0.409 e. The van der Waals surface area contributed by atoms with Crippen molar-refractivity contribution < 1.29 is 32.6 Å². The summed E-state index contributed by atoms with van der Waals surface area (Å²) in [6.07, 6.45) is 6.70. The molecule has 3 heterocycles. The molecule has 3 fully saturated rings. The lowest BCUT2D eigenvalue weighted by Crippen LogP contribution is -2.40. The van der Waals surface area contributed by atoms with Crippen LogP contribution >= 0.6 is 0 Å². The van der Waals surface area contributed by atoms with Gasteiger partial charge in [0, 0.05) is 32.1 Å². The summed E-state index contributed by atoms with van der Waals surface area (Å²) in [4.78, 5) is 29.0. The molecule has 1 aromatic rings. The van der Waals surface area contributed by atoms with Crippen molar-refractivity contribution in [3.05, 3.63) is 41.8 Å². The lowest BCUT2D eigenvalue weighted by molar-refractivity contribution is -0.174. The van der Waals surface area contributed by atoms with Gasteiger partial charge in [0.25, 0.3) is 5.91 Å². The van der Waals surface area contributed by atoms with Gasteiger partial charge in [-0.15, -0.1) is 0 Å². The summed E-state index contributed by atoms with van der Waals surface area (Å²) in [5.41, 5.74) is 1.47. The van der Waals surface area contributed by atoms with E-state index in [1.54, 1.807) is 28.1 Å². The first-order valence-electron chi connectivity index (χ1n) is 13.1. The number of hydrogen-bond donors (Lipinski definition) is 1. The Morgan fingerprint density at radius 2 is 1.73 bits per heavy atom. The first-order valence-corrected chi connectivity index (χ1v) is 13.1. The molecule has 1 N–H and O–H groups in total. The normalized spacial score (nSPS) is 26.6. The van der Waals surface area contributed by atoms with Gasteiger partial charge in [0.1, 0.15) is 6.61 Å². The minimum atomic E-state index is -4.31. The van der Waals surface area contributed by atoms with Crippen molar-refractivity contribution in [2.24, 2.45) is 17.8 Å². The number of aliphatic hydroxyl groups excluding tert-OH is 1. The van der Waals surface area contributed by atoms with Gasteiger partial charge in [-0.05, 0) is 43.9 Å². The topological polar surface area (TPSA) is 87.9 Å². The molecule has 0 bridgehead atoms. The van der Waals surface area contributed by atoms with Crippen molar-refractivity contribution in [1.29, 1.82) is 0 Å². The van der Waals surface area contributed by atoms with E-state index in [0.717, 1.165) is 18.5 Å². The Bertz CT molecular complexity index is 1060. The zero-order valence-electron chi connectivity index (χ0n) is 20.6. The van der Waals surface area contributed by atoms with Crippen molar-refractivity contribution >= 4 is 12.0 Å². The van der Waals surface area contributed by atoms with E-state index in [0.29, 0.717) is 51.0 Å². The predicted molar refractivity (Wildman–Crippen MR) is 128 cm³/mol. The molecule has 2 aliphatic heterocycles. The lowest BCUT2D eigenvalue weighted by atomic mass is 9.78. The number of ether oxygens (including phenoxy) is 1. The number of allylic oxidation sites excluding steroid dienone is 4. The second-order valence-electron chi connectivity index (χ2n) is 10.4. The molecule has 2 saturated heterocycles. The second kappa shape index (κ2) is 10.5. The first kappa shape index (κ1) is 25.8. The number of rotatable bonds is 6. The van der Waals surface area contributed by atoms with Gasteiger partial charge in [0.2, 0.25) is 0 Å². The number of hydrogen-bond acceptors (Lipinski definition) is 5. The smallest absolute Gasteiger partial charge is 0.409 e. The molecule has 0 radical (unpaired) electrons. The molecule has 1 saturated carbocycles. The Balaban J connectivity index is 1.26. The molecule has 2 aliphatic carbocycles. The summed E-state index contributed by atoms with van der Waals surface area (Å²) in [6.45, 7) is 1.49. The van der Waals surface area contributed by atoms with Crippen LogP contribution in [0.4, 0.5) is 18.0 Å². The van der Waals surface area contributed by atoms with Gasteiger partial charge in [-0.1, -0.05) is 24.3 Å². The molecule has 2 unspecified atom stereocenters. The Kier molecular flexibility index (Phi) is 7.33. The molecule has 0 spiro atoms. The highest BCUT2D eigenvalue weighted by molar-refractivity contribution is 5.95. The monoisotopic (exact) mass is 522 g/mol. The number of aliphatic hydroxyl groups is 1. The van der Waals surface area contributed by atoms with Crippen LogP contribution in [0.15, 0.2) is 30.5 Å². The van der Waals surface area contributed by atoms with Crippen LogP contribution < -0.4 is 0 Å². The summed E-state index contributed by atoms with van der Waals surface area (Å²) in [5, 5.41) is 13.5. The molecule has 1 aromatic heterocycles. The Labute approximate surface area is 213 Å². The fourth-order valence-electron chi connectivity index (χ4n) is 5.97. The van der Waals surface area contributed by atoms with Crippen molar-refractivity contribution in [2.45, 2.75) is 50.2 Å². The third-order valence-electron chi connectivity index (χ3n) is 8.03. The molecule has 2 amide bonds. The fourth-order valence-corrected chi connectivity index (χ4v) is 5.97. The predicted octanol–water partition coefficient (Wildman–Crippen LogP) is 3.91. The standard InChI is InChI=1S/C26H33F3N4O4/c27-26(28,29)22-4-2-1-3-20(22)18-7-10-32(16-18)24(35)21-15-30-33(23(21)17-5-6-17)19-8-11-31(12-9-19)25(36)37-14-13-34/h1-4,15,17-20,22,34H,5-14,16H2/t18-,20?,22?/m1/s1. The van der Waals surface area contributed by atoms with Crippen LogP contribution in [-0.2, 0) is 4.74 Å². The van der Waals surface area contributed by atoms with Crippen LogP contribution in [0.25, 0.3) is 0 Å². The third kappa shape index (κ3) is 5.42. The van der Waals surface area contributed by atoms with Gasteiger partial charge in [0.15, 0.2) is 0 Å². The van der Waals surface area contributed by atoms with Crippen LogP contribution in [0, 0.1) is 17.8 Å². The fraction of sp³-hybridized carbons (Fsp3) is 0.654. The zero-order valence-corrected chi connectivity index (χ0v) is 20.6. The molecule has 202 valence electrons. The number of piperidine rings is 1. The van der Waals surface area contributed by atoms with Crippen LogP contribution in [0.3, 0.4) is 0 Å². The number of nitrogens with zero attached hydrogens (tertiary/aromatic N) is 4. The van der Waals surface area contributed by atoms with E-state index < -0.39 is 24.1 Å². The summed E-state index contributed by atoms with van der Waals surface area (Å²) in [7, 11) is 0. The first-order chi connectivity index (χ1) is 17.8. The molecular weight excluding hydrogens is 489 g/mol. The molecule has 0 aromatic carbocycles. The van der Waals surface area contributed by atoms with E-state index in [1.165, 1.54) is 12.2 Å². The van der Waals surface area contributed by atoms with Crippen molar-refractivity contribution in [3.8, 4) is 0 Å². The summed E-state index contributed by atoms with van der Waals surface area (Å²) in [6, 6.07) is 0.0528. The Morgan fingerprint density at radius 3 is 2.41 bits per heavy atom. The van der Waals surface area contributed by atoms with E-state index in [-0.39, 0.29) is 37.0 Å². The van der Waals surface area contributed by atoms with E-state index in [4.69, 9.17) is 9.84 Å². The maximum atomic E-state index is 13.6. The summed E-state index contributed by atoms with van der Waals surface area (Å²) < 4.78 is 47.8. The number of alkyl halides is 3. The van der Waals surface area contributed by atoms with E-state index >= 15 is 0 Å². The van der Waals surface area contributed by atoms with Gasteiger partial charge in [-0.2, -0.15) is 18.3 Å². The minimum absolute atomic E-state index is 0.0306. The van der Waals surface area contributed by atoms with E-state index in [9.17, 15) is 22.8 Å². The van der Waals surface area contributed by atoms with Crippen LogP contribution in [-0.4, -0.2) is 82.3 Å². The van der Waals surface area contributed by atoms with Gasteiger partial charge in [-0.3, -0.25) is 9.48 Å². The molecule has 8 nitrogen and oxygen atoms in total. The average molecular weight is 523 g/mol. The number of carbonyl (C=O) groups is 2. The highest BCUT2D eigenvalue weighted by Crippen LogP contribution is 2.45. The van der Waals surface area contributed by atoms with Gasteiger partial charge in [-0.25, -0.2) is 4.79 Å². The number of aromatic nitrogens is 2. The average Bonchev–Trinajstić information content (AvgIpc) is 3.44. The molecule has 3 atom stereocenters. The van der Waals surface area contributed by atoms with Gasteiger partial charge >= 0.3 is 12.3 Å². The zero-order chi connectivity index (χ0) is 26.2. The van der Waals surface area contributed by atoms with Gasteiger partial charge < -0.3 is 19.6 Å². The lowest BCUT2D eigenvalue weighted by Gasteiger charge is -2.32. The van der Waals surface area contributed by atoms with E-state index in [2.05, 4.69) is 5.10 Å². The van der Waals surface area contributed by atoms with Crippen molar-refractivity contribution in [2.75, 3.05) is 39.4 Å². The molecule has 4 aliphatic rings. The highest BCUT2D eigenvalue weighted by Gasteiger charge is 2.47. The number of amides is 2. The second-order valence-corrected chi connectivity index (χ2v) is 10.4. The quantitative estimate of drug-likeness (QED) is 0.612. The summed E-state index contributed by atoms with van der Waals surface area (Å²) in [5.74, 6) is -2.32. The molecule has 37 heavy (non-hydrogen) atoms. The molecule has 5 rings (SSSR count). The van der Waals surface area contributed by atoms with Crippen LogP contribution in [0.1, 0.15) is 60.1 Å². The Morgan fingerprint density at radius 1 is 1.03 bits per heavy atom. The third-order valence-corrected chi connectivity index (χ3v) is 8.03. The number of likely N-dealkylation sites (tertiary alicyclic amines) is 2. The largest absolute Gasteiger partial charge is 0.447 e. The number of halogens is 3. The highest BCUT2D eigenvalue weighted by atomic mass is 19.4. The van der Waals surface area contributed by atoms with Crippen LogP contribution in [0.2, 0.25) is 0 Å². The maximum absolute atomic E-state index is 13.6. The molecule has 11 heteroatoms. The molecular formula is C26H33F3N4O4. The Hall–Kier alpha value is -2.82. The minimum Gasteiger partial charge on any atom is -0.447 e. The van der Waals surface area contributed by atoms with Crippen LogP contribution in [0.5, 0.6) is 0 Å². The van der Waals surface area contributed by atoms with Gasteiger partial charge in [0.05, 0.1) is 36.0 Å². The van der Waals surface area contributed by atoms with Crippen molar-refractivity contribution in [3.63, 3.8) is 0 Å². The SMILES string of the molecule is O=C(OCCO)N1CCC(n2ncc(C(=O)N3CC[C@@H](C4C=CC=CC4C(F)(F)F)C3)c2C2CC2)CC1. The van der Waals surface area contributed by atoms with Crippen molar-refractivity contribution in [1.82, 2.24) is 19.6 Å².